The van der Waals surface area contributed by atoms with Crippen LogP contribution in [0.1, 0.15) is 50.6 Å². The number of aromatic nitrogens is 1. The van der Waals surface area contributed by atoms with Crippen molar-refractivity contribution in [1.29, 1.82) is 0 Å². The van der Waals surface area contributed by atoms with Gasteiger partial charge in [0, 0.05) is 31.9 Å². The van der Waals surface area contributed by atoms with Gasteiger partial charge in [0.05, 0.1) is 24.9 Å². The van der Waals surface area contributed by atoms with E-state index < -0.39 is 6.10 Å². The normalized spacial score (nSPS) is 26.6. The Hall–Kier alpha value is -1.99. The Balaban J connectivity index is 1.48. The zero-order valence-corrected chi connectivity index (χ0v) is 17.0. The van der Waals surface area contributed by atoms with Crippen LogP contribution in [0.25, 0.3) is 0 Å². The number of nitrogens with zero attached hydrogens (tertiary/aromatic N) is 3. The van der Waals surface area contributed by atoms with Gasteiger partial charge in [-0.25, -0.2) is 0 Å². The quantitative estimate of drug-likeness (QED) is 0.756. The Bertz CT molecular complexity index is 687. The van der Waals surface area contributed by atoms with Crippen molar-refractivity contribution in [2.75, 3.05) is 26.2 Å². The fourth-order valence-electron chi connectivity index (χ4n) is 4.62. The summed E-state index contributed by atoms with van der Waals surface area (Å²) in [5.74, 6) is -0.0417. The molecule has 0 unspecified atom stereocenters. The lowest BCUT2D eigenvalue weighted by atomic mass is 9.94. The molecule has 4 rings (SSSR count). The third-order valence-corrected chi connectivity index (χ3v) is 6.20. The van der Waals surface area contributed by atoms with Crippen LogP contribution in [0.2, 0.25) is 0 Å². The van der Waals surface area contributed by atoms with Crippen LogP contribution < -0.4 is 0 Å². The van der Waals surface area contributed by atoms with E-state index in [0.29, 0.717) is 26.3 Å². The first-order valence-electron chi connectivity index (χ1n) is 10.9. The highest BCUT2D eigenvalue weighted by Crippen LogP contribution is 2.25. The van der Waals surface area contributed by atoms with Gasteiger partial charge in [0.25, 0.3) is 5.91 Å². The van der Waals surface area contributed by atoms with Crippen molar-refractivity contribution in [1.82, 2.24) is 14.8 Å². The van der Waals surface area contributed by atoms with E-state index in [0.717, 1.165) is 44.2 Å². The second kappa shape index (κ2) is 9.67. The summed E-state index contributed by atoms with van der Waals surface area (Å²) in [6.45, 7) is 2.07. The van der Waals surface area contributed by atoms with Crippen molar-refractivity contribution >= 4 is 11.8 Å². The zero-order valence-electron chi connectivity index (χ0n) is 17.0. The minimum atomic E-state index is -0.416. The van der Waals surface area contributed by atoms with Crippen molar-refractivity contribution in [3.05, 3.63) is 30.1 Å². The first kappa shape index (κ1) is 20.3. The lowest BCUT2D eigenvalue weighted by molar-refractivity contribution is -0.146. The topological polar surface area (TPSA) is 72.0 Å². The molecule has 3 heterocycles. The van der Waals surface area contributed by atoms with E-state index in [1.165, 1.54) is 6.42 Å². The highest BCUT2D eigenvalue weighted by atomic mass is 16.5. The van der Waals surface area contributed by atoms with Crippen molar-refractivity contribution in [2.45, 2.75) is 69.8 Å². The van der Waals surface area contributed by atoms with E-state index in [2.05, 4.69) is 4.98 Å². The van der Waals surface area contributed by atoms with Crippen LogP contribution in [0.15, 0.2) is 24.4 Å². The fourth-order valence-corrected chi connectivity index (χ4v) is 4.62. The van der Waals surface area contributed by atoms with Crippen LogP contribution in [-0.2, 0) is 25.7 Å². The number of carbonyl (C=O) groups excluding carboxylic acids is 2. The van der Waals surface area contributed by atoms with Crippen molar-refractivity contribution < 1.29 is 19.1 Å². The maximum Gasteiger partial charge on any atom is 0.252 e. The molecule has 1 aromatic rings. The monoisotopic (exact) mass is 401 g/mol. The van der Waals surface area contributed by atoms with E-state index >= 15 is 0 Å². The molecule has 3 fully saturated rings. The Kier molecular flexibility index (Phi) is 6.77. The molecule has 1 saturated carbocycles. The molecule has 1 aromatic heterocycles. The molecule has 1 aliphatic carbocycles. The molecule has 0 bridgehead atoms. The molecule has 0 radical (unpaired) electrons. The van der Waals surface area contributed by atoms with Crippen molar-refractivity contribution in [3.63, 3.8) is 0 Å². The molecule has 7 nitrogen and oxygen atoms in total. The fraction of sp³-hybridized carbons (Fsp3) is 0.682. The molecule has 3 aliphatic rings. The summed E-state index contributed by atoms with van der Waals surface area (Å²) in [6.07, 6.45) is 8.37. The molecule has 0 N–H and O–H groups in total. The molecule has 2 amide bonds. The molecular formula is C22H31N3O4. The summed E-state index contributed by atoms with van der Waals surface area (Å²) >= 11 is 0. The highest BCUT2D eigenvalue weighted by Gasteiger charge is 2.37. The Morgan fingerprint density at radius 2 is 2.00 bits per heavy atom. The van der Waals surface area contributed by atoms with Gasteiger partial charge in [-0.1, -0.05) is 25.3 Å². The van der Waals surface area contributed by atoms with Crippen LogP contribution in [0.5, 0.6) is 0 Å². The van der Waals surface area contributed by atoms with Gasteiger partial charge in [-0.05, 0) is 37.8 Å². The summed E-state index contributed by atoms with van der Waals surface area (Å²) in [5.41, 5.74) is 0.851. The third-order valence-electron chi connectivity index (χ3n) is 6.20. The van der Waals surface area contributed by atoms with E-state index in [-0.39, 0.29) is 30.5 Å². The van der Waals surface area contributed by atoms with Crippen LogP contribution in [0.3, 0.4) is 0 Å². The molecule has 0 spiro atoms. The molecule has 2 aliphatic heterocycles. The summed E-state index contributed by atoms with van der Waals surface area (Å²) in [5, 5.41) is 0. The van der Waals surface area contributed by atoms with Crippen LogP contribution in [0.4, 0.5) is 0 Å². The van der Waals surface area contributed by atoms with E-state index in [4.69, 9.17) is 9.47 Å². The lowest BCUT2D eigenvalue weighted by Gasteiger charge is -2.34. The van der Waals surface area contributed by atoms with Crippen molar-refractivity contribution in [2.24, 2.45) is 0 Å². The van der Waals surface area contributed by atoms with Gasteiger partial charge >= 0.3 is 0 Å². The number of pyridine rings is 1. The standard InChI is InChI=1S/C22H31N3O4/c26-21-15-24(22(27)20-10-6-12-28-20)13-19(29-16-17-7-4-5-11-23-17)14-25(21)18-8-2-1-3-9-18/h4-5,7,11,18-20H,1-3,6,8-10,12-16H2/t19-,20-/m1/s1. The molecule has 2 atom stereocenters. The average Bonchev–Trinajstić information content (AvgIpc) is 3.24. The third kappa shape index (κ3) is 5.14. The molecule has 158 valence electrons. The van der Waals surface area contributed by atoms with E-state index in [1.54, 1.807) is 11.1 Å². The predicted octanol–water partition coefficient (Wildman–Crippen LogP) is 2.15. The average molecular weight is 402 g/mol. The maximum absolute atomic E-state index is 13.1. The van der Waals surface area contributed by atoms with Crippen LogP contribution >= 0.6 is 0 Å². The van der Waals surface area contributed by atoms with Gasteiger partial charge in [-0.3, -0.25) is 14.6 Å². The molecule has 29 heavy (non-hydrogen) atoms. The number of amides is 2. The van der Waals surface area contributed by atoms with Gasteiger partial charge in [-0.15, -0.1) is 0 Å². The van der Waals surface area contributed by atoms with E-state index in [1.807, 2.05) is 23.1 Å². The summed E-state index contributed by atoms with van der Waals surface area (Å²) < 4.78 is 11.8. The number of carbonyl (C=O) groups is 2. The van der Waals surface area contributed by atoms with Crippen LogP contribution in [-0.4, -0.2) is 71.1 Å². The Morgan fingerprint density at radius 3 is 2.72 bits per heavy atom. The van der Waals surface area contributed by atoms with Gasteiger partial charge in [-0.2, -0.15) is 0 Å². The van der Waals surface area contributed by atoms with E-state index in [9.17, 15) is 9.59 Å². The maximum atomic E-state index is 13.1. The van der Waals surface area contributed by atoms with Gasteiger partial charge in [0.2, 0.25) is 5.91 Å². The van der Waals surface area contributed by atoms with Crippen LogP contribution in [0, 0.1) is 0 Å². The van der Waals surface area contributed by atoms with Gasteiger partial charge < -0.3 is 19.3 Å². The first-order valence-corrected chi connectivity index (χ1v) is 10.9. The smallest absolute Gasteiger partial charge is 0.252 e. The largest absolute Gasteiger partial charge is 0.368 e. The summed E-state index contributed by atoms with van der Waals surface area (Å²) in [6, 6.07) is 6.00. The number of hydrogen-bond donors (Lipinski definition) is 0. The zero-order chi connectivity index (χ0) is 20.1. The van der Waals surface area contributed by atoms with Gasteiger partial charge in [0.1, 0.15) is 6.10 Å². The molecule has 7 heteroatoms. The Labute approximate surface area is 172 Å². The first-order chi connectivity index (χ1) is 14.2. The summed E-state index contributed by atoms with van der Waals surface area (Å²) in [4.78, 5) is 34.0. The predicted molar refractivity (Wildman–Crippen MR) is 107 cm³/mol. The SMILES string of the molecule is O=C([C@H]1CCCO1)N1CC(=O)N(C2CCCCC2)C[C@H](OCc2ccccn2)C1. The second-order valence-electron chi connectivity index (χ2n) is 8.31. The van der Waals surface area contributed by atoms with Gasteiger partial charge in [0.15, 0.2) is 0 Å². The summed E-state index contributed by atoms with van der Waals surface area (Å²) in [7, 11) is 0. The molecule has 0 aromatic carbocycles. The van der Waals surface area contributed by atoms with Crippen molar-refractivity contribution in [3.8, 4) is 0 Å². The highest BCUT2D eigenvalue weighted by molar-refractivity contribution is 5.87. The molecule has 2 saturated heterocycles. The number of rotatable bonds is 5. The number of hydrogen-bond acceptors (Lipinski definition) is 5. The lowest BCUT2D eigenvalue weighted by Crippen LogP contribution is -2.46. The Morgan fingerprint density at radius 1 is 1.14 bits per heavy atom. The second-order valence-corrected chi connectivity index (χ2v) is 8.31. The minimum absolute atomic E-state index is 0.0344. The molecular weight excluding hydrogens is 370 g/mol. The minimum Gasteiger partial charge on any atom is -0.368 e. The number of ether oxygens (including phenoxy) is 2.